The number of carbonyl (C=O) groups is 1. The Morgan fingerprint density at radius 3 is 2.47 bits per heavy atom. The summed E-state index contributed by atoms with van der Waals surface area (Å²) in [6, 6.07) is 16.2. The van der Waals surface area contributed by atoms with Crippen LogP contribution in [-0.4, -0.2) is 5.91 Å². The predicted octanol–water partition coefficient (Wildman–Crippen LogP) is 3.25. The van der Waals surface area contributed by atoms with Gasteiger partial charge in [0.2, 0.25) is 5.91 Å². The van der Waals surface area contributed by atoms with Gasteiger partial charge in [0, 0.05) is 11.5 Å². The van der Waals surface area contributed by atoms with E-state index in [1.54, 1.807) is 0 Å². The molecule has 0 spiro atoms. The molecule has 2 aromatic rings. The van der Waals surface area contributed by atoms with Gasteiger partial charge in [-0.3, -0.25) is 4.79 Å². The standard InChI is InChI=1S/C17H17NO/c18-17(19)16-10-4-3-9-15(16)14-11-5-7-12-6-1-2-8-13(12)14/h1-4,6,8-10,14H,5,7,11H2,(H2,18,19). The van der Waals surface area contributed by atoms with Crippen LogP contribution in [0.2, 0.25) is 0 Å². The molecule has 3 rings (SSSR count). The van der Waals surface area contributed by atoms with E-state index in [1.165, 1.54) is 11.1 Å². The summed E-state index contributed by atoms with van der Waals surface area (Å²) in [6.45, 7) is 0. The Hall–Kier alpha value is -2.09. The van der Waals surface area contributed by atoms with Gasteiger partial charge < -0.3 is 5.73 Å². The van der Waals surface area contributed by atoms with Crippen LogP contribution in [0.4, 0.5) is 0 Å². The van der Waals surface area contributed by atoms with Crippen molar-refractivity contribution in [1.82, 2.24) is 0 Å². The first-order chi connectivity index (χ1) is 9.27. The summed E-state index contributed by atoms with van der Waals surface area (Å²) in [4.78, 5) is 11.6. The first-order valence-electron chi connectivity index (χ1n) is 6.74. The number of primary amides is 1. The molecule has 0 aliphatic heterocycles. The van der Waals surface area contributed by atoms with Crippen molar-refractivity contribution in [1.29, 1.82) is 0 Å². The lowest BCUT2D eigenvalue weighted by Crippen LogP contribution is -2.18. The lowest BCUT2D eigenvalue weighted by Gasteiger charge is -2.27. The molecule has 0 fully saturated rings. The van der Waals surface area contributed by atoms with E-state index < -0.39 is 0 Å². The number of hydrogen-bond donors (Lipinski definition) is 1. The lowest BCUT2D eigenvalue weighted by molar-refractivity contribution is 0.0999. The lowest BCUT2D eigenvalue weighted by atomic mass is 9.77. The minimum Gasteiger partial charge on any atom is -0.366 e. The number of amides is 1. The summed E-state index contributed by atoms with van der Waals surface area (Å²) in [7, 11) is 0. The van der Waals surface area contributed by atoms with Crippen LogP contribution in [0.1, 0.15) is 45.8 Å². The predicted molar refractivity (Wildman–Crippen MR) is 76.2 cm³/mol. The maximum atomic E-state index is 11.6. The van der Waals surface area contributed by atoms with Gasteiger partial charge in [-0.1, -0.05) is 42.5 Å². The summed E-state index contributed by atoms with van der Waals surface area (Å²) in [5.74, 6) is -0.0349. The molecule has 0 radical (unpaired) electrons. The number of carbonyl (C=O) groups excluding carboxylic acids is 1. The molecule has 1 aliphatic rings. The fraction of sp³-hybridized carbons (Fsp3) is 0.235. The van der Waals surface area contributed by atoms with Gasteiger partial charge >= 0.3 is 0 Å². The smallest absolute Gasteiger partial charge is 0.248 e. The molecule has 2 aromatic carbocycles. The fourth-order valence-corrected chi connectivity index (χ4v) is 3.10. The zero-order valence-electron chi connectivity index (χ0n) is 10.8. The molecule has 1 atom stereocenters. The quantitative estimate of drug-likeness (QED) is 0.874. The second-order valence-corrected chi connectivity index (χ2v) is 5.10. The molecule has 0 heterocycles. The topological polar surface area (TPSA) is 43.1 Å². The van der Waals surface area contributed by atoms with Gasteiger partial charge in [-0.15, -0.1) is 0 Å². The summed E-state index contributed by atoms with van der Waals surface area (Å²) >= 11 is 0. The average molecular weight is 251 g/mol. The fourth-order valence-electron chi connectivity index (χ4n) is 3.10. The van der Waals surface area contributed by atoms with Gasteiger partial charge in [0.05, 0.1) is 0 Å². The molecule has 2 N–H and O–H groups in total. The van der Waals surface area contributed by atoms with Crippen LogP contribution < -0.4 is 5.73 Å². The van der Waals surface area contributed by atoms with Crippen molar-refractivity contribution in [2.75, 3.05) is 0 Å². The van der Waals surface area contributed by atoms with Crippen molar-refractivity contribution in [3.8, 4) is 0 Å². The molecule has 2 nitrogen and oxygen atoms in total. The Morgan fingerprint density at radius 2 is 1.68 bits per heavy atom. The molecule has 0 bridgehead atoms. The molecule has 96 valence electrons. The van der Waals surface area contributed by atoms with E-state index in [4.69, 9.17) is 5.73 Å². The molecular weight excluding hydrogens is 234 g/mol. The number of benzene rings is 2. The van der Waals surface area contributed by atoms with Gasteiger partial charge in [-0.05, 0) is 42.0 Å². The van der Waals surface area contributed by atoms with Gasteiger partial charge in [0.15, 0.2) is 0 Å². The summed E-state index contributed by atoms with van der Waals surface area (Å²) in [5.41, 5.74) is 9.98. The Labute approximate surface area is 113 Å². The van der Waals surface area contributed by atoms with Crippen molar-refractivity contribution in [3.05, 3.63) is 70.8 Å². The van der Waals surface area contributed by atoms with Crippen molar-refractivity contribution in [2.45, 2.75) is 25.2 Å². The molecule has 2 heteroatoms. The third-order valence-electron chi connectivity index (χ3n) is 3.97. The Balaban J connectivity index is 2.12. The highest BCUT2D eigenvalue weighted by atomic mass is 16.1. The molecule has 0 saturated heterocycles. The van der Waals surface area contributed by atoms with E-state index in [2.05, 4.69) is 24.3 Å². The average Bonchev–Trinajstić information content (AvgIpc) is 2.46. The summed E-state index contributed by atoms with van der Waals surface area (Å²) in [5, 5.41) is 0. The van der Waals surface area contributed by atoms with Crippen LogP contribution in [0.5, 0.6) is 0 Å². The van der Waals surface area contributed by atoms with E-state index in [0.29, 0.717) is 11.5 Å². The molecule has 19 heavy (non-hydrogen) atoms. The van der Waals surface area contributed by atoms with Gasteiger partial charge in [0.1, 0.15) is 0 Å². The SMILES string of the molecule is NC(=O)c1ccccc1C1CCCc2ccccc21. The van der Waals surface area contributed by atoms with E-state index in [-0.39, 0.29) is 5.91 Å². The third-order valence-corrected chi connectivity index (χ3v) is 3.97. The van der Waals surface area contributed by atoms with Crippen LogP contribution >= 0.6 is 0 Å². The first kappa shape index (κ1) is 12.0. The molecular formula is C17H17NO. The number of hydrogen-bond acceptors (Lipinski definition) is 1. The zero-order chi connectivity index (χ0) is 13.2. The Bertz CT molecular complexity index is 618. The number of aryl methyl sites for hydroxylation is 1. The number of nitrogens with two attached hydrogens (primary N) is 1. The first-order valence-corrected chi connectivity index (χ1v) is 6.74. The Kier molecular flexibility index (Phi) is 3.08. The van der Waals surface area contributed by atoms with Crippen molar-refractivity contribution in [2.24, 2.45) is 5.73 Å². The molecule has 0 saturated carbocycles. The highest BCUT2D eigenvalue weighted by Crippen LogP contribution is 2.37. The summed E-state index contributed by atoms with van der Waals surface area (Å²) < 4.78 is 0. The Morgan fingerprint density at radius 1 is 1.00 bits per heavy atom. The normalized spacial score (nSPS) is 17.8. The maximum Gasteiger partial charge on any atom is 0.248 e. The second kappa shape index (κ2) is 4.88. The molecule has 1 aliphatic carbocycles. The van der Waals surface area contributed by atoms with Crippen LogP contribution in [-0.2, 0) is 6.42 Å². The van der Waals surface area contributed by atoms with Crippen molar-refractivity contribution in [3.63, 3.8) is 0 Å². The van der Waals surface area contributed by atoms with E-state index in [1.807, 2.05) is 24.3 Å². The second-order valence-electron chi connectivity index (χ2n) is 5.10. The van der Waals surface area contributed by atoms with Crippen LogP contribution in [0.3, 0.4) is 0 Å². The monoisotopic (exact) mass is 251 g/mol. The molecule has 1 unspecified atom stereocenters. The minimum atomic E-state index is -0.335. The van der Waals surface area contributed by atoms with E-state index in [9.17, 15) is 4.79 Å². The maximum absolute atomic E-state index is 11.6. The molecule has 1 amide bonds. The molecule has 0 aromatic heterocycles. The van der Waals surface area contributed by atoms with E-state index >= 15 is 0 Å². The van der Waals surface area contributed by atoms with Gasteiger partial charge in [-0.25, -0.2) is 0 Å². The summed E-state index contributed by atoms with van der Waals surface area (Å²) in [6.07, 6.45) is 3.38. The largest absolute Gasteiger partial charge is 0.366 e. The zero-order valence-corrected chi connectivity index (χ0v) is 10.8. The van der Waals surface area contributed by atoms with E-state index in [0.717, 1.165) is 24.8 Å². The highest BCUT2D eigenvalue weighted by Gasteiger charge is 2.24. The number of fused-ring (bicyclic) bond motifs is 1. The van der Waals surface area contributed by atoms with Crippen molar-refractivity contribution < 1.29 is 4.79 Å². The third kappa shape index (κ3) is 2.14. The van der Waals surface area contributed by atoms with Crippen LogP contribution in [0, 0.1) is 0 Å². The van der Waals surface area contributed by atoms with Gasteiger partial charge in [0.25, 0.3) is 0 Å². The number of rotatable bonds is 2. The highest BCUT2D eigenvalue weighted by molar-refractivity contribution is 5.94. The van der Waals surface area contributed by atoms with Crippen molar-refractivity contribution >= 4 is 5.91 Å². The van der Waals surface area contributed by atoms with Crippen LogP contribution in [0.15, 0.2) is 48.5 Å². The minimum absolute atomic E-state index is 0.300. The van der Waals surface area contributed by atoms with Crippen LogP contribution in [0.25, 0.3) is 0 Å². The van der Waals surface area contributed by atoms with Gasteiger partial charge in [-0.2, -0.15) is 0 Å².